The molecule has 0 N–H and O–H groups in total. The Hall–Kier alpha value is -2.54. The van der Waals surface area contributed by atoms with E-state index in [4.69, 9.17) is 11.6 Å². The van der Waals surface area contributed by atoms with Gasteiger partial charge in [0.2, 0.25) is 5.95 Å². The lowest BCUT2D eigenvalue weighted by Gasteiger charge is -2.26. The maximum atomic E-state index is 13.1. The molecule has 0 spiro atoms. The van der Waals surface area contributed by atoms with Gasteiger partial charge in [0.25, 0.3) is 0 Å². The van der Waals surface area contributed by atoms with Crippen LogP contribution in [-0.2, 0) is 11.2 Å². The zero-order valence-corrected chi connectivity index (χ0v) is 18.0. The van der Waals surface area contributed by atoms with Crippen LogP contribution in [0.4, 0.5) is 10.7 Å². The van der Waals surface area contributed by atoms with Gasteiger partial charge in [0.1, 0.15) is 0 Å². The first-order valence-corrected chi connectivity index (χ1v) is 10.9. The fourth-order valence-electron chi connectivity index (χ4n) is 3.93. The number of rotatable bonds is 8. The summed E-state index contributed by atoms with van der Waals surface area (Å²) in [6, 6.07) is 3.74. The number of hydrogen-bond acceptors (Lipinski definition) is 5. The van der Waals surface area contributed by atoms with E-state index in [9.17, 15) is 9.59 Å². The van der Waals surface area contributed by atoms with E-state index in [0.717, 1.165) is 12.1 Å². The van der Waals surface area contributed by atoms with E-state index >= 15 is 0 Å². The van der Waals surface area contributed by atoms with Gasteiger partial charge in [-0.05, 0) is 42.4 Å². The molecule has 30 heavy (non-hydrogen) atoms. The second kappa shape index (κ2) is 8.68. The molecular formula is C22H26ClN5O2. The molecule has 158 valence electrons. The molecule has 2 aromatic heterocycles. The molecule has 0 bridgehead atoms. The van der Waals surface area contributed by atoms with E-state index < -0.39 is 0 Å². The summed E-state index contributed by atoms with van der Waals surface area (Å²) in [6.45, 7) is 4.71. The van der Waals surface area contributed by atoms with Gasteiger partial charge in [0, 0.05) is 11.9 Å². The number of nitrogens with zero attached hydrogens (tertiary/aromatic N) is 5. The lowest BCUT2D eigenvalue weighted by Crippen LogP contribution is -2.42. The molecular weight excluding hydrogens is 402 g/mol. The highest BCUT2D eigenvalue weighted by molar-refractivity contribution is 6.30. The Kier molecular flexibility index (Phi) is 5.99. The summed E-state index contributed by atoms with van der Waals surface area (Å²) in [6.07, 6.45) is 8.28. The van der Waals surface area contributed by atoms with Crippen LogP contribution in [0.25, 0.3) is 0 Å². The van der Waals surface area contributed by atoms with Crippen molar-refractivity contribution in [3.8, 4) is 0 Å². The molecule has 0 unspecified atom stereocenters. The summed E-state index contributed by atoms with van der Waals surface area (Å²) in [5.41, 5.74) is 2.03. The van der Waals surface area contributed by atoms with Crippen LogP contribution < -0.4 is 4.90 Å². The van der Waals surface area contributed by atoms with Gasteiger partial charge in [-0.25, -0.2) is 14.8 Å². The van der Waals surface area contributed by atoms with Gasteiger partial charge in [-0.2, -0.15) is 0 Å². The molecule has 1 saturated carbocycles. The van der Waals surface area contributed by atoms with Crippen LogP contribution in [0.1, 0.15) is 50.3 Å². The fourth-order valence-corrected chi connectivity index (χ4v) is 4.03. The highest BCUT2D eigenvalue weighted by Gasteiger charge is 2.42. The van der Waals surface area contributed by atoms with Crippen molar-refractivity contribution in [1.29, 1.82) is 0 Å². The number of aromatic nitrogens is 3. The summed E-state index contributed by atoms with van der Waals surface area (Å²) in [5.74, 6) is 1.16. The first-order chi connectivity index (χ1) is 14.5. The van der Waals surface area contributed by atoms with E-state index in [-0.39, 0.29) is 36.7 Å². The Balaban J connectivity index is 1.48. The minimum Gasteiger partial charge on any atom is -0.312 e. The van der Waals surface area contributed by atoms with E-state index in [1.165, 1.54) is 35.7 Å². The maximum Gasteiger partial charge on any atom is 0.327 e. The van der Waals surface area contributed by atoms with E-state index in [1.807, 2.05) is 12.1 Å². The predicted octanol–water partition coefficient (Wildman–Crippen LogP) is 3.87. The number of halogens is 1. The molecule has 3 heterocycles. The second-order valence-electron chi connectivity index (χ2n) is 8.25. The number of carbonyl (C=O) groups excluding carboxylic acids is 2. The van der Waals surface area contributed by atoms with Crippen LogP contribution in [0.3, 0.4) is 0 Å². The number of pyridine rings is 1. The molecule has 8 heteroatoms. The Labute approximate surface area is 181 Å². The van der Waals surface area contributed by atoms with Crippen molar-refractivity contribution < 1.29 is 9.59 Å². The Bertz CT molecular complexity index is 931. The topological polar surface area (TPSA) is 79.3 Å². The zero-order chi connectivity index (χ0) is 21.3. The Morgan fingerprint density at radius 3 is 2.67 bits per heavy atom. The van der Waals surface area contributed by atoms with Crippen LogP contribution in [0.5, 0.6) is 0 Å². The molecule has 0 radical (unpaired) electrons. The first kappa shape index (κ1) is 20.7. The molecule has 1 aliphatic carbocycles. The van der Waals surface area contributed by atoms with Gasteiger partial charge < -0.3 is 4.90 Å². The summed E-state index contributed by atoms with van der Waals surface area (Å²) in [7, 11) is 0. The minimum atomic E-state index is -0.240. The van der Waals surface area contributed by atoms with Gasteiger partial charge in [-0.1, -0.05) is 31.9 Å². The van der Waals surface area contributed by atoms with E-state index in [2.05, 4.69) is 28.8 Å². The van der Waals surface area contributed by atoms with Gasteiger partial charge >= 0.3 is 6.03 Å². The van der Waals surface area contributed by atoms with Crippen molar-refractivity contribution in [1.82, 2.24) is 19.9 Å². The molecule has 0 aromatic carbocycles. The minimum absolute atomic E-state index is 0.0176. The van der Waals surface area contributed by atoms with Crippen LogP contribution in [0.2, 0.25) is 5.02 Å². The summed E-state index contributed by atoms with van der Waals surface area (Å²) >= 11 is 5.88. The van der Waals surface area contributed by atoms with Crippen LogP contribution in [0, 0.1) is 5.92 Å². The molecule has 1 saturated heterocycles. The molecule has 1 aliphatic heterocycles. The lowest BCUT2D eigenvalue weighted by atomic mass is 9.98. The predicted molar refractivity (Wildman–Crippen MR) is 115 cm³/mol. The van der Waals surface area contributed by atoms with Gasteiger partial charge in [0.15, 0.2) is 5.78 Å². The largest absolute Gasteiger partial charge is 0.327 e. The first-order valence-electron chi connectivity index (χ1n) is 10.5. The van der Waals surface area contributed by atoms with E-state index in [0.29, 0.717) is 23.4 Å². The number of carbonyl (C=O) groups is 2. The highest BCUT2D eigenvalue weighted by atomic mass is 35.5. The average molecular weight is 428 g/mol. The number of anilines is 1. The number of urea groups is 1. The third-order valence-electron chi connectivity index (χ3n) is 6.01. The van der Waals surface area contributed by atoms with Crippen molar-refractivity contribution in [2.45, 2.75) is 51.5 Å². The Morgan fingerprint density at radius 1 is 1.27 bits per heavy atom. The van der Waals surface area contributed by atoms with Crippen molar-refractivity contribution in [3.63, 3.8) is 0 Å². The van der Waals surface area contributed by atoms with Gasteiger partial charge in [-0.3, -0.25) is 14.7 Å². The molecule has 2 aromatic rings. The third kappa shape index (κ3) is 4.46. The molecule has 2 amide bonds. The van der Waals surface area contributed by atoms with E-state index in [1.54, 1.807) is 11.1 Å². The highest BCUT2D eigenvalue weighted by Crippen LogP contribution is 2.40. The number of ketones is 1. The van der Waals surface area contributed by atoms with Crippen LogP contribution in [-0.4, -0.2) is 50.8 Å². The number of Topliss-reactive ketones (excluding diaryl/α,β-unsaturated/α-hetero) is 1. The lowest BCUT2D eigenvalue weighted by molar-refractivity contribution is -0.119. The molecule has 2 fully saturated rings. The van der Waals surface area contributed by atoms with Gasteiger partial charge in [-0.15, -0.1) is 0 Å². The summed E-state index contributed by atoms with van der Waals surface area (Å²) in [4.78, 5) is 41.9. The van der Waals surface area contributed by atoms with Crippen molar-refractivity contribution in [2.24, 2.45) is 5.92 Å². The molecule has 4 rings (SSSR count). The maximum absolute atomic E-state index is 13.1. The fraction of sp³-hybridized carbons (Fsp3) is 0.500. The normalized spacial score (nSPS) is 20.0. The van der Waals surface area contributed by atoms with Crippen molar-refractivity contribution >= 4 is 29.4 Å². The second-order valence-corrected chi connectivity index (χ2v) is 8.68. The standard InChI is InChI=1S/C22H26ClN5O2/c1-3-14(2)20-13-28(21-25-10-17(23)11-26-21)22(30)27(20)12-19(29)9-18-8-16(6-7-24-18)15-4-5-15/h6-8,10-11,14-15,20H,3-5,9,12-13H2,1-2H3/t14-,20+/m0/s1. The smallest absolute Gasteiger partial charge is 0.312 e. The van der Waals surface area contributed by atoms with Crippen molar-refractivity contribution in [3.05, 3.63) is 47.0 Å². The van der Waals surface area contributed by atoms with Crippen LogP contribution in [0.15, 0.2) is 30.7 Å². The molecule has 2 atom stereocenters. The zero-order valence-electron chi connectivity index (χ0n) is 17.3. The quantitative estimate of drug-likeness (QED) is 0.638. The summed E-state index contributed by atoms with van der Waals surface area (Å²) in [5, 5.41) is 0.414. The van der Waals surface area contributed by atoms with Crippen molar-refractivity contribution in [2.75, 3.05) is 18.0 Å². The SMILES string of the molecule is CC[C@H](C)[C@H]1CN(c2ncc(Cl)cn2)C(=O)N1CC(=O)Cc1cc(C2CC2)ccn1. The third-order valence-corrected chi connectivity index (χ3v) is 6.21. The molecule has 2 aliphatic rings. The Morgan fingerprint density at radius 2 is 2.00 bits per heavy atom. The monoisotopic (exact) mass is 427 g/mol. The average Bonchev–Trinajstić information content (AvgIpc) is 3.54. The summed E-state index contributed by atoms with van der Waals surface area (Å²) < 4.78 is 0. The van der Waals surface area contributed by atoms with Gasteiger partial charge in [0.05, 0.1) is 43.0 Å². The van der Waals surface area contributed by atoms with Crippen LogP contribution >= 0.6 is 11.6 Å². The molecule has 7 nitrogen and oxygen atoms in total. The number of amides is 2. The number of hydrogen-bond donors (Lipinski definition) is 0.